The van der Waals surface area contributed by atoms with Gasteiger partial charge in [-0.05, 0) is 49.7 Å². The summed E-state index contributed by atoms with van der Waals surface area (Å²) >= 11 is 0. The monoisotopic (exact) mass is 342 g/mol. The van der Waals surface area contributed by atoms with Crippen LogP contribution in [0.25, 0.3) is 0 Å². The third-order valence-electron chi connectivity index (χ3n) is 5.62. The van der Waals surface area contributed by atoms with Gasteiger partial charge in [-0.2, -0.15) is 0 Å². The van der Waals surface area contributed by atoms with Gasteiger partial charge in [0.15, 0.2) is 0 Å². The highest BCUT2D eigenvalue weighted by atomic mass is 14.2. The molecule has 1 aromatic carbocycles. The average molecular weight is 342 g/mol. The van der Waals surface area contributed by atoms with E-state index in [0.717, 1.165) is 0 Å². The first-order valence-corrected chi connectivity index (χ1v) is 11.3. The number of unbranched alkanes of at least 4 members (excludes halogenated alkanes) is 9. The number of benzene rings is 1. The Balaban J connectivity index is 2.80. The molecule has 0 unspecified atom stereocenters. The van der Waals surface area contributed by atoms with Crippen molar-refractivity contribution < 1.29 is 0 Å². The molecular formula is C24H43B. The number of hydrogen-bond donors (Lipinski definition) is 0. The summed E-state index contributed by atoms with van der Waals surface area (Å²) in [6, 6.07) is 4.85. The molecule has 0 bridgehead atoms. The summed E-state index contributed by atoms with van der Waals surface area (Å²) in [6.45, 7) is 6.92. The molecule has 1 rings (SSSR count). The van der Waals surface area contributed by atoms with E-state index in [0.29, 0.717) is 0 Å². The molecule has 142 valence electrons. The molecule has 0 aliphatic carbocycles. The first kappa shape index (κ1) is 22.3. The largest absolute Gasteiger partial charge is 0.139 e. The van der Waals surface area contributed by atoms with Crippen molar-refractivity contribution in [1.29, 1.82) is 0 Å². The first-order valence-electron chi connectivity index (χ1n) is 11.3. The highest BCUT2D eigenvalue weighted by Gasteiger charge is 2.11. The summed E-state index contributed by atoms with van der Waals surface area (Å²) < 4.78 is 0. The Bertz CT molecular complexity index is 450. The number of rotatable bonds is 15. The summed E-state index contributed by atoms with van der Waals surface area (Å²) in [5.41, 5.74) is 6.66. The Kier molecular flexibility index (Phi) is 12.9. The zero-order chi connectivity index (χ0) is 18.3. The van der Waals surface area contributed by atoms with Crippen molar-refractivity contribution in [2.24, 2.45) is 0 Å². The minimum Gasteiger partial charge on any atom is -0.0855 e. The normalized spacial score (nSPS) is 11.2. The van der Waals surface area contributed by atoms with Crippen LogP contribution < -0.4 is 5.46 Å². The minimum absolute atomic E-state index is 1.30. The second-order valence-electron chi connectivity index (χ2n) is 7.93. The van der Waals surface area contributed by atoms with Gasteiger partial charge < -0.3 is 0 Å². The maximum atomic E-state index is 2.45. The van der Waals surface area contributed by atoms with E-state index in [1.54, 1.807) is 22.2 Å². The van der Waals surface area contributed by atoms with E-state index in [1.807, 2.05) is 0 Å². The van der Waals surface area contributed by atoms with Crippen molar-refractivity contribution >= 4 is 13.3 Å². The molecule has 0 aromatic heterocycles. The molecule has 0 atom stereocenters. The van der Waals surface area contributed by atoms with Crippen molar-refractivity contribution in [2.75, 3.05) is 0 Å². The SMILES string of the molecule is Bc1ccc(CCCCCC)c(CCCCCC)c1CCCCCC. The maximum Gasteiger partial charge on any atom is 0.139 e. The van der Waals surface area contributed by atoms with E-state index < -0.39 is 0 Å². The fourth-order valence-corrected chi connectivity index (χ4v) is 3.95. The average Bonchev–Trinajstić information content (AvgIpc) is 2.62. The van der Waals surface area contributed by atoms with E-state index in [4.69, 9.17) is 0 Å². The predicted octanol–water partition coefficient (Wildman–Crippen LogP) is 6.31. The zero-order valence-corrected chi connectivity index (χ0v) is 17.8. The van der Waals surface area contributed by atoms with Crippen molar-refractivity contribution in [3.8, 4) is 0 Å². The van der Waals surface area contributed by atoms with Crippen molar-refractivity contribution in [1.82, 2.24) is 0 Å². The zero-order valence-electron chi connectivity index (χ0n) is 17.8. The van der Waals surface area contributed by atoms with Gasteiger partial charge in [0.2, 0.25) is 0 Å². The summed E-state index contributed by atoms with van der Waals surface area (Å²) in [5, 5.41) is 0. The Hall–Kier alpha value is -0.715. The van der Waals surface area contributed by atoms with E-state index in [2.05, 4.69) is 40.8 Å². The van der Waals surface area contributed by atoms with Crippen LogP contribution >= 0.6 is 0 Å². The molecule has 0 aliphatic heterocycles. The lowest BCUT2D eigenvalue weighted by Gasteiger charge is -2.18. The lowest BCUT2D eigenvalue weighted by Crippen LogP contribution is -2.16. The lowest BCUT2D eigenvalue weighted by molar-refractivity contribution is 0.640. The van der Waals surface area contributed by atoms with Crippen LogP contribution in [0.15, 0.2) is 12.1 Å². The van der Waals surface area contributed by atoms with Crippen LogP contribution in [-0.2, 0) is 19.3 Å². The van der Waals surface area contributed by atoms with Crippen LogP contribution in [0.1, 0.15) is 115 Å². The molecule has 0 amide bonds. The molecule has 25 heavy (non-hydrogen) atoms. The number of hydrogen-bond acceptors (Lipinski definition) is 0. The van der Waals surface area contributed by atoms with Gasteiger partial charge in [-0.1, -0.05) is 102 Å². The highest BCUT2D eigenvalue weighted by molar-refractivity contribution is 6.33. The van der Waals surface area contributed by atoms with Gasteiger partial charge in [-0.15, -0.1) is 0 Å². The standard InChI is InChI=1S/C24H43B/c1-4-7-10-13-16-21-19-20-24(25)23(18-15-12-9-6-3)22(21)17-14-11-8-5-2/h19-20H,4-18,25H2,1-3H3. The molecule has 0 aliphatic rings. The van der Waals surface area contributed by atoms with Crippen molar-refractivity contribution in [3.05, 3.63) is 28.8 Å². The van der Waals surface area contributed by atoms with Crippen LogP contribution in [0, 0.1) is 0 Å². The molecule has 0 saturated heterocycles. The summed E-state index contributed by atoms with van der Waals surface area (Å²) in [5.74, 6) is 0. The smallest absolute Gasteiger partial charge is 0.0855 e. The molecule has 0 fully saturated rings. The molecule has 0 radical (unpaired) electrons. The Labute approximate surface area is 159 Å². The lowest BCUT2D eigenvalue weighted by atomic mass is 9.80. The van der Waals surface area contributed by atoms with Gasteiger partial charge in [0.05, 0.1) is 0 Å². The molecular weight excluding hydrogens is 299 g/mol. The van der Waals surface area contributed by atoms with Crippen LogP contribution in [-0.4, -0.2) is 7.85 Å². The minimum atomic E-state index is 1.30. The van der Waals surface area contributed by atoms with Gasteiger partial charge in [0, 0.05) is 0 Å². The third-order valence-corrected chi connectivity index (χ3v) is 5.62. The Morgan fingerprint density at radius 3 is 1.56 bits per heavy atom. The molecule has 1 heteroatoms. The quantitative estimate of drug-likeness (QED) is 0.259. The molecule has 0 saturated carbocycles. The van der Waals surface area contributed by atoms with E-state index in [-0.39, 0.29) is 0 Å². The number of aryl methyl sites for hydroxylation is 1. The summed E-state index contributed by atoms with van der Waals surface area (Å²) in [7, 11) is 2.34. The van der Waals surface area contributed by atoms with Crippen molar-refractivity contribution in [2.45, 2.75) is 117 Å². The Morgan fingerprint density at radius 1 is 0.560 bits per heavy atom. The fourth-order valence-electron chi connectivity index (χ4n) is 3.95. The van der Waals surface area contributed by atoms with E-state index >= 15 is 0 Å². The van der Waals surface area contributed by atoms with Gasteiger partial charge >= 0.3 is 0 Å². The van der Waals surface area contributed by atoms with E-state index in [9.17, 15) is 0 Å². The van der Waals surface area contributed by atoms with Gasteiger partial charge in [0.1, 0.15) is 7.85 Å². The predicted molar refractivity (Wildman–Crippen MR) is 118 cm³/mol. The maximum absolute atomic E-state index is 2.45. The molecule has 1 aromatic rings. The fraction of sp³-hybridized carbons (Fsp3) is 0.750. The molecule has 0 N–H and O–H groups in total. The Morgan fingerprint density at radius 2 is 1.04 bits per heavy atom. The van der Waals surface area contributed by atoms with Crippen LogP contribution in [0.3, 0.4) is 0 Å². The van der Waals surface area contributed by atoms with Crippen LogP contribution in [0.4, 0.5) is 0 Å². The van der Waals surface area contributed by atoms with Gasteiger partial charge in [-0.3, -0.25) is 0 Å². The van der Waals surface area contributed by atoms with Gasteiger partial charge in [0.25, 0.3) is 0 Å². The van der Waals surface area contributed by atoms with E-state index in [1.165, 1.54) is 96.3 Å². The topological polar surface area (TPSA) is 0 Å². The summed E-state index contributed by atoms with van der Waals surface area (Å²) in [6.07, 6.45) is 20.4. The summed E-state index contributed by atoms with van der Waals surface area (Å²) in [4.78, 5) is 0. The molecule has 0 heterocycles. The van der Waals surface area contributed by atoms with Crippen molar-refractivity contribution in [3.63, 3.8) is 0 Å². The highest BCUT2D eigenvalue weighted by Crippen LogP contribution is 2.21. The van der Waals surface area contributed by atoms with Gasteiger partial charge in [-0.25, -0.2) is 0 Å². The second-order valence-corrected chi connectivity index (χ2v) is 7.93. The third kappa shape index (κ3) is 8.97. The molecule has 0 spiro atoms. The second kappa shape index (κ2) is 14.5. The first-order chi connectivity index (χ1) is 12.2. The van der Waals surface area contributed by atoms with Crippen LogP contribution in [0.5, 0.6) is 0 Å². The molecule has 0 nitrogen and oxygen atoms in total. The van der Waals surface area contributed by atoms with Crippen LogP contribution in [0.2, 0.25) is 0 Å².